The second-order valence-corrected chi connectivity index (χ2v) is 10.6. The fourth-order valence-corrected chi connectivity index (χ4v) is 6.56. The van der Waals surface area contributed by atoms with E-state index in [1.54, 1.807) is 6.07 Å². The monoisotopic (exact) mass is 548 g/mol. The van der Waals surface area contributed by atoms with Crippen LogP contribution in [0.5, 0.6) is 0 Å². The van der Waals surface area contributed by atoms with Crippen LogP contribution in [0, 0.1) is 11.8 Å². The SMILES string of the molecule is C[C@H](C(=O)OCC(=O)Nc1cc(Cl)ccc1Cl)N1C(=O)[C@H]2C3c4ccccc4C(c4ccccc43)[C@@H]2C1=O. The predicted octanol–water partition coefficient (Wildman–Crippen LogP) is 4.76. The molecule has 3 aliphatic carbocycles. The first-order valence-corrected chi connectivity index (χ1v) is 13.0. The lowest BCUT2D eigenvalue weighted by molar-refractivity contribution is -0.159. The van der Waals surface area contributed by atoms with E-state index in [0.717, 1.165) is 27.2 Å². The minimum absolute atomic E-state index is 0.268. The molecule has 3 aromatic carbocycles. The van der Waals surface area contributed by atoms with Crippen LogP contribution in [-0.4, -0.2) is 41.2 Å². The molecule has 3 amide bonds. The lowest BCUT2D eigenvalue weighted by atomic mass is 9.55. The van der Waals surface area contributed by atoms with Gasteiger partial charge in [0.1, 0.15) is 6.04 Å². The van der Waals surface area contributed by atoms with Crippen LogP contribution in [-0.2, 0) is 23.9 Å². The van der Waals surface area contributed by atoms with E-state index in [4.69, 9.17) is 27.9 Å². The average Bonchev–Trinajstić information content (AvgIpc) is 3.19. The van der Waals surface area contributed by atoms with E-state index < -0.39 is 48.2 Å². The molecule has 192 valence electrons. The Morgan fingerprint density at radius 1 is 0.868 bits per heavy atom. The molecule has 0 spiro atoms. The molecule has 3 atom stereocenters. The highest BCUT2D eigenvalue weighted by atomic mass is 35.5. The summed E-state index contributed by atoms with van der Waals surface area (Å²) in [6, 6.07) is 19.2. The van der Waals surface area contributed by atoms with Gasteiger partial charge < -0.3 is 10.1 Å². The third-order valence-corrected chi connectivity index (χ3v) is 8.32. The standard InChI is InChI=1S/C29H22Cl2N2O5/c1-14(29(37)38-13-22(34)32-21-12-15(30)10-11-20(21)31)33-27(35)25-23-16-6-2-3-7-17(16)24(26(25)28(33)36)19-9-5-4-8-18(19)23/h2-12,14,23-26H,13H2,1H3,(H,32,34)/t14-,23?,24?,25+,26+/m1/s1. The number of anilines is 1. The van der Waals surface area contributed by atoms with Crippen molar-refractivity contribution in [1.82, 2.24) is 4.90 Å². The molecule has 4 aliphatic rings. The van der Waals surface area contributed by atoms with Gasteiger partial charge in [-0.1, -0.05) is 71.7 Å². The number of carbonyl (C=O) groups is 4. The number of amides is 3. The van der Waals surface area contributed by atoms with Gasteiger partial charge in [0.25, 0.3) is 5.91 Å². The number of ether oxygens (including phenoxy) is 1. The minimum Gasteiger partial charge on any atom is -0.454 e. The van der Waals surface area contributed by atoms with E-state index in [-0.39, 0.29) is 22.5 Å². The molecule has 7 nitrogen and oxygen atoms in total. The number of nitrogens with one attached hydrogen (secondary N) is 1. The molecule has 1 fully saturated rings. The van der Waals surface area contributed by atoms with E-state index in [1.807, 2.05) is 48.5 Å². The van der Waals surface area contributed by atoms with Crippen molar-refractivity contribution >= 4 is 52.6 Å². The number of hydrogen-bond donors (Lipinski definition) is 1. The summed E-state index contributed by atoms with van der Waals surface area (Å²) in [4.78, 5) is 53.8. The summed E-state index contributed by atoms with van der Waals surface area (Å²) in [6.45, 7) is 0.834. The Labute approximate surface area is 228 Å². The Morgan fingerprint density at radius 3 is 1.87 bits per heavy atom. The fourth-order valence-electron chi connectivity index (χ4n) is 6.22. The van der Waals surface area contributed by atoms with E-state index in [9.17, 15) is 19.2 Å². The Morgan fingerprint density at radius 2 is 1.37 bits per heavy atom. The van der Waals surface area contributed by atoms with Gasteiger partial charge in [0.15, 0.2) is 6.61 Å². The van der Waals surface area contributed by atoms with E-state index in [0.29, 0.717) is 5.02 Å². The van der Waals surface area contributed by atoms with Crippen molar-refractivity contribution in [1.29, 1.82) is 0 Å². The van der Waals surface area contributed by atoms with Crippen LogP contribution >= 0.6 is 23.2 Å². The number of benzene rings is 3. The number of halogens is 2. The highest BCUT2D eigenvalue weighted by Gasteiger charge is 2.62. The van der Waals surface area contributed by atoms with Gasteiger partial charge in [-0.2, -0.15) is 0 Å². The molecule has 3 aromatic rings. The molecule has 1 N–H and O–H groups in total. The molecular weight excluding hydrogens is 527 g/mol. The number of rotatable bonds is 5. The molecule has 0 saturated carbocycles. The maximum absolute atomic E-state index is 13.7. The van der Waals surface area contributed by atoms with Crippen LogP contribution in [0.15, 0.2) is 66.7 Å². The van der Waals surface area contributed by atoms with Crippen molar-refractivity contribution in [3.05, 3.63) is 99.0 Å². The number of hydrogen-bond acceptors (Lipinski definition) is 5. The zero-order valence-corrected chi connectivity index (χ0v) is 21.7. The zero-order valence-electron chi connectivity index (χ0n) is 20.2. The first-order chi connectivity index (χ1) is 18.3. The van der Waals surface area contributed by atoms with Crippen molar-refractivity contribution in [3.8, 4) is 0 Å². The summed E-state index contributed by atoms with van der Waals surface area (Å²) in [6.07, 6.45) is 0. The molecular formula is C29H22Cl2N2O5. The highest BCUT2D eigenvalue weighted by molar-refractivity contribution is 6.35. The first kappa shape index (κ1) is 24.6. The lowest BCUT2D eigenvalue weighted by Gasteiger charge is -2.45. The molecule has 1 saturated heterocycles. The van der Waals surface area contributed by atoms with Crippen LogP contribution in [0.4, 0.5) is 5.69 Å². The van der Waals surface area contributed by atoms with E-state index in [2.05, 4.69) is 5.32 Å². The Kier molecular flexibility index (Phi) is 6.00. The van der Waals surface area contributed by atoms with Crippen LogP contribution in [0.3, 0.4) is 0 Å². The summed E-state index contributed by atoms with van der Waals surface area (Å²) < 4.78 is 5.19. The Bertz CT molecular complexity index is 1410. The van der Waals surface area contributed by atoms with Gasteiger partial charge >= 0.3 is 5.97 Å². The number of esters is 1. The molecule has 2 bridgehead atoms. The maximum atomic E-state index is 13.7. The van der Waals surface area contributed by atoms with Gasteiger partial charge in [0.05, 0.1) is 22.5 Å². The van der Waals surface area contributed by atoms with Crippen LogP contribution in [0.2, 0.25) is 10.0 Å². The second kappa shape index (κ2) is 9.26. The zero-order chi connectivity index (χ0) is 26.7. The van der Waals surface area contributed by atoms with Crippen molar-refractivity contribution < 1.29 is 23.9 Å². The van der Waals surface area contributed by atoms with Crippen molar-refractivity contribution in [2.45, 2.75) is 24.8 Å². The molecule has 0 aromatic heterocycles. The van der Waals surface area contributed by atoms with Crippen LogP contribution < -0.4 is 5.32 Å². The topological polar surface area (TPSA) is 92.8 Å². The number of likely N-dealkylation sites (tertiary alicyclic amines) is 1. The van der Waals surface area contributed by atoms with Crippen molar-refractivity contribution in [2.24, 2.45) is 11.8 Å². The molecule has 1 heterocycles. The Balaban J connectivity index is 1.21. The molecule has 0 radical (unpaired) electrons. The third kappa shape index (κ3) is 3.72. The van der Waals surface area contributed by atoms with Gasteiger partial charge in [0.2, 0.25) is 11.8 Å². The Hall–Kier alpha value is -3.68. The minimum atomic E-state index is -1.19. The second-order valence-electron chi connectivity index (χ2n) is 9.77. The summed E-state index contributed by atoms with van der Waals surface area (Å²) in [5.41, 5.74) is 4.47. The van der Waals surface area contributed by atoms with Gasteiger partial charge in [-0.3, -0.25) is 19.3 Å². The summed E-state index contributed by atoms with van der Waals surface area (Å²) in [7, 11) is 0. The summed E-state index contributed by atoms with van der Waals surface area (Å²) in [5.74, 6) is -3.99. The fraction of sp³-hybridized carbons (Fsp3) is 0.241. The van der Waals surface area contributed by atoms with Crippen LogP contribution in [0.25, 0.3) is 0 Å². The first-order valence-electron chi connectivity index (χ1n) is 12.2. The average molecular weight is 549 g/mol. The largest absolute Gasteiger partial charge is 0.454 e. The molecule has 7 rings (SSSR count). The lowest BCUT2D eigenvalue weighted by Crippen LogP contribution is -2.45. The highest BCUT2D eigenvalue weighted by Crippen LogP contribution is 2.61. The van der Waals surface area contributed by atoms with E-state index in [1.165, 1.54) is 19.1 Å². The summed E-state index contributed by atoms with van der Waals surface area (Å²) in [5, 5.41) is 3.18. The van der Waals surface area contributed by atoms with Crippen molar-refractivity contribution in [2.75, 3.05) is 11.9 Å². The third-order valence-electron chi connectivity index (χ3n) is 7.76. The maximum Gasteiger partial charge on any atom is 0.329 e. The quantitative estimate of drug-likeness (QED) is 0.366. The summed E-state index contributed by atoms with van der Waals surface area (Å²) >= 11 is 12.0. The van der Waals surface area contributed by atoms with Gasteiger partial charge in [0, 0.05) is 16.9 Å². The normalized spacial score (nSPS) is 23.4. The number of nitrogens with zero attached hydrogens (tertiary/aromatic N) is 1. The van der Waals surface area contributed by atoms with Gasteiger partial charge in [-0.15, -0.1) is 0 Å². The van der Waals surface area contributed by atoms with E-state index >= 15 is 0 Å². The van der Waals surface area contributed by atoms with Crippen LogP contribution in [0.1, 0.15) is 41.0 Å². The van der Waals surface area contributed by atoms with Gasteiger partial charge in [-0.05, 0) is 47.4 Å². The smallest absolute Gasteiger partial charge is 0.329 e. The number of carbonyl (C=O) groups excluding carboxylic acids is 4. The van der Waals surface area contributed by atoms with Gasteiger partial charge in [-0.25, -0.2) is 4.79 Å². The molecule has 1 aliphatic heterocycles. The van der Waals surface area contributed by atoms with Crippen molar-refractivity contribution in [3.63, 3.8) is 0 Å². The predicted molar refractivity (Wildman–Crippen MR) is 141 cm³/mol. The number of imide groups is 1. The molecule has 38 heavy (non-hydrogen) atoms. The molecule has 9 heteroatoms. The molecule has 0 unspecified atom stereocenters.